The maximum Gasteiger partial charge on any atom is 0.240 e. The molecule has 0 saturated carbocycles. The Morgan fingerprint density at radius 1 is 1.16 bits per heavy atom. The summed E-state index contributed by atoms with van der Waals surface area (Å²) >= 11 is 0. The molecule has 1 N–H and O–H groups in total. The minimum Gasteiger partial charge on any atom is -0.476 e. The van der Waals surface area contributed by atoms with Gasteiger partial charge in [-0.05, 0) is 69.5 Å². The molecular weight excluding hydrogens is 560 g/mol. The number of likely N-dealkylation sites (N-methyl/N-ethyl adjacent to an activating group) is 1. The van der Waals surface area contributed by atoms with E-state index in [2.05, 4.69) is 29.1 Å². The molecule has 2 atom stereocenters. The SMILES string of the molecule is CCOc1nn(CCO)c2c1/C=C\c1nn(C3CCCCO3)c3ccc(cc13)-c1c(C#N)nn(C)c1O[C@@H](C)CN(CC)C2. The van der Waals surface area contributed by atoms with Crippen LogP contribution in [-0.2, 0) is 24.9 Å². The highest BCUT2D eigenvalue weighted by Gasteiger charge is 2.27. The Bertz CT molecular complexity index is 1710. The summed E-state index contributed by atoms with van der Waals surface area (Å²) in [5.41, 5.74) is 5.31. The number of hydrogen-bond donors (Lipinski definition) is 1. The van der Waals surface area contributed by atoms with Gasteiger partial charge >= 0.3 is 0 Å². The highest BCUT2D eigenvalue weighted by molar-refractivity contribution is 5.94. The average molecular weight is 601 g/mol. The Hall–Kier alpha value is -4.18. The Morgan fingerprint density at radius 2 is 2.02 bits per heavy atom. The normalized spacial score (nSPS) is 19.9. The number of hydrogen-bond acceptors (Lipinski definition) is 9. The van der Waals surface area contributed by atoms with Crippen LogP contribution in [0.4, 0.5) is 0 Å². The van der Waals surface area contributed by atoms with Crippen molar-refractivity contribution in [3.63, 3.8) is 0 Å². The van der Waals surface area contributed by atoms with Gasteiger partial charge in [0.05, 0.1) is 47.8 Å². The van der Waals surface area contributed by atoms with E-state index in [1.165, 1.54) is 0 Å². The molecule has 232 valence electrons. The third kappa shape index (κ3) is 5.58. The monoisotopic (exact) mass is 600 g/mol. The first-order chi connectivity index (χ1) is 21.4. The van der Waals surface area contributed by atoms with Gasteiger partial charge in [-0.15, -0.1) is 5.10 Å². The first-order valence-corrected chi connectivity index (χ1v) is 15.5. The highest BCUT2D eigenvalue weighted by atomic mass is 16.5. The predicted octanol–water partition coefficient (Wildman–Crippen LogP) is 4.37. The number of nitrogens with zero attached hydrogens (tertiary/aromatic N) is 8. The summed E-state index contributed by atoms with van der Waals surface area (Å²) in [5, 5.41) is 35.2. The molecule has 0 amide bonds. The molecule has 0 radical (unpaired) electrons. The number of aromatic nitrogens is 6. The molecule has 2 bridgehead atoms. The molecule has 1 fully saturated rings. The smallest absolute Gasteiger partial charge is 0.240 e. The van der Waals surface area contributed by atoms with Gasteiger partial charge in [-0.25, -0.2) is 9.36 Å². The van der Waals surface area contributed by atoms with Gasteiger partial charge in [0.15, 0.2) is 11.9 Å². The molecule has 5 heterocycles. The van der Waals surface area contributed by atoms with Gasteiger partial charge in [-0.2, -0.15) is 15.5 Å². The van der Waals surface area contributed by atoms with Crippen LogP contribution < -0.4 is 9.47 Å². The fourth-order valence-corrected chi connectivity index (χ4v) is 6.18. The fourth-order valence-electron chi connectivity index (χ4n) is 6.18. The molecule has 1 saturated heterocycles. The molecule has 0 spiro atoms. The molecule has 1 unspecified atom stereocenters. The number of fused-ring (bicyclic) bond motifs is 4. The summed E-state index contributed by atoms with van der Waals surface area (Å²) in [6, 6.07) is 8.38. The van der Waals surface area contributed by atoms with Crippen LogP contribution in [0.25, 0.3) is 34.2 Å². The van der Waals surface area contributed by atoms with E-state index >= 15 is 0 Å². The quantitative estimate of drug-likeness (QED) is 0.343. The summed E-state index contributed by atoms with van der Waals surface area (Å²) < 4.78 is 24.2. The fraction of sp³-hybridized carbons (Fsp3) is 0.500. The van der Waals surface area contributed by atoms with Crippen LogP contribution in [0.3, 0.4) is 0 Å². The van der Waals surface area contributed by atoms with Crippen molar-refractivity contribution in [3.8, 4) is 29.0 Å². The molecule has 3 aromatic heterocycles. The summed E-state index contributed by atoms with van der Waals surface area (Å²) in [7, 11) is 1.80. The van der Waals surface area contributed by atoms with Crippen molar-refractivity contribution in [2.45, 2.75) is 65.5 Å². The van der Waals surface area contributed by atoms with Crippen molar-refractivity contribution in [2.75, 3.05) is 32.9 Å². The van der Waals surface area contributed by atoms with Gasteiger partial charge in [-0.1, -0.05) is 13.0 Å². The third-order valence-electron chi connectivity index (χ3n) is 8.27. The Labute approximate surface area is 257 Å². The number of benzene rings is 1. The van der Waals surface area contributed by atoms with E-state index in [0.717, 1.165) is 59.2 Å². The zero-order valence-electron chi connectivity index (χ0n) is 25.9. The number of rotatable bonds is 6. The Morgan fingerprint density at radius 3 is 2.75 bits per heavy atom. The molecule has 1 aromatic carbocycles. The second kappa shape index (κ2) is 12.8. The molecule has 2 aliphatic rings. The van der Waals surface area contributed by atoms with E-state index in [1.54, 1.807) is 11.7 Å². The highest BCUT2D eigenvalue weighted by Crippen LogP contribution is 2.38. The van der Waals surface area contributed by atoms with Crippen LogP contribution in [-0.4, -0.2) is 78.4 Å². The molecule has 12 nitrogen and oxygen atoms in total. The number of aryl methyl sites for hydroxylation is 1. The minimum atomic E-state index is -0.217. The van der Waals surface area contributed by atoms with Crippen molar-refractivity contribution in [1.82, 2.24) is 34.2 Å². The van der Waals surface area contributed by atoms with Crippen LogP contribution in [0, 0.1) is 11.3 Å². The number of ether oxygens (including phenoxy) is 3. The van der Waals surface area contributed by atoms with Crippen LogP contribution >= 0.6 is 0 Å². The average Bonchev–Trinajstić information content (AvgIpc) is 3.66. The van der Waals surface area contributed by atoms with Crippen LogP contribution in [0.15, 0.2) is 18.2 Å². The van der Waals surface area contributed by atoms with E-state index in [4.69, 9.17) is 24.4 Å². The Balaban J connectivity index is 1.59. The van der Waals surface area contributed by atoms with E-state index < -0.39 is 0 Å². The first-order valence-electron chi connectivity index (χ1n) is 15.5. The summed E-state index contributed by atoms with van der Waals surface area (Å²) in [6.07, 6.45) is 6.66. The third-order valence-corrected chi connectivity index (χ3v) is 8.27. The largest absolute Gasteiger partial charge is 0.476 e. The molecule has 6 rings (SSSR count). The summed E-state index contributed by atoms with van der Waals surface area (Å²) in [4.78, 5) is 2.27. The van der Waals surface area contributed by atoms with E-state index in [9.17, 15) is 10.4 Å². The molecule has 44 heavy (non-hydrogen) atoms. The Kier molecular flexibility index (Phi) is 8.70. The minimum absolute atomic E-state index is 0.0429. The van der Waals surface area contributed by atoms with Crippen molar-refractivity contribution >= 4 is 23.1 Å². The number of nitriles is 1. The van der Waals surface area contributed by atoms with Gasteiger partial charge in [0.25, 0.3) is 0 Å². The van der Waals surface area contributed by atoms with Crippen LogP contribution in [0.2, 0.25) is 0 Å². The molecule has 4 aromatic rings. The second-order valence-electron chi connectivity index (χ2n) is 11.3. The van der Waals surface area contributed by atoms with Gasteiger partial charge in [-0.3, -0.25) is 9.58 Å². The van der Waals surface area contributed by atoms with Crippen molar-refractivity contribution in [2.24, 2.45) is 7.05 Å². The zero-order valence-corrected chi connectivity index (χ0v) is 25.9. The standard InChI is InChI=1S/C32H40N8O4/c1-5-38-19-21(3)44-32-30(26(18-33)34-37(32)4)22-10-13-27-24(17-22)25(35-40(27)29-9-7-8-16-43-29)12-11-23-28(20-38)39(14-15-41)36-31(23)42-6-2/h10-13,17,21,29,41H,5-9,14-16,19-20H2,1-4H3/b12-11-/t21-,29?/m0/s1. The maximum absolute atomic E-state index is 10.1. The lowest BCUT2D eigenvalue weighted by molar-refractivity contribution is -0.0367. The molecule has 2 aliphatic heterocycles. The van der Waals surface area contributed by atoms with E-state index in [0.29, 0.717) is 55.9 Å². The predicted molar refractivity (Wildman–Crippen MR) is 166 cm³/mol. The lowest BCUT2D eigenvalue weighted by Gasteiger charge is -2.26. The van der Waals surface area contributed by atoms with Crippen molar-refractivity contribution in [3.05, 3.63) is 40.8 Å². The molecule has 0 aliphatic carbocycles. The van der Waals surface area contributed by atoms with Gasteiger partial charge in [0.1, 0.15) is 12.2 Å². The van der Waals surface area contributed by atoms with Gasteiger partial charge < -0.3 is 19.3 Å². The summed E-state index contributed by atoms with van der Waals surface area (Å²) in [6.45, 7) is 9.50. The zero-order chi connectivity index (χ0) is 30.8. The lowest BCUT2D eigenvalue weighted by Crippen LogP contribution is -2.34. The number of aliphatic hydroxyl groups excluding tert-OH is 1. The maximum atomic E-state index is 10.1. The van der Waals surface area contributed by atoms with Gasteiger partial charge in [0, 0.05) is 32.1 Å². The van der Waals surface area contributed by atoms with Crippen LogP contribution in [0.1, 0.15) is 68.9 Å². The van der Waals surface area contributed by atoms with Crippen molar-refractivity contribution in [1.29, 1.82) is 5.26 Å². The van der Waals surface area contributed by atoms with Gasteiger partial charge in [0.2, 0.25) is 11.8 Å². The van der Waals surface area contributed by atoms with E-state index in [1.807, 2.05) is 47.5 Å². The van der Waals surface area contributed by atoms with Crippen molar-refractivity contribution < 1.29 is 19.3 Å². The lowest BCUT2D eigenvalue weighted by atomic mass is 10.0. The molecule has 12 heteroatoms. The topological polar surface area (TPSA) is 128 Å². The first kappa shape index (κ1) is 29.9. The van der Waals surface area contributed by atoms with Crippen LogP contribution in [0.5, 0.6) is 11.8 Å². The van der Waals surface area contributed by atoms with E-state index in [-0.39, 0.29) is 18.9 Å². The summed E-state index contributed by atoms with van der Waals surface area (Å²) in [5.74, 6) is 1.07. The number of aliphatic hydroxyl groups is 1. The molecular formula is C32H40N8O4. The second-order valence-corrected chi connectivity index (χ2v) is 11.3.